The normalized spacial score (nSPS) is 24.0. The summed E-state index contributed by atoms with van der Waals surface area (Å²) < 4.78 is 6.21. The van der Waals surface area contributed by atoms with E-state index in [-0.39, 0.29) is 0 Å². The number of nitrogens with one attached hydrogen (secondary N) is 1. The van der Waals surface area contributed by atoms with E-state index in [1.807, 2.05) is 7.05 Å². The van der Waals surface area contributed by atoms with E-state index in [0.717, 1.165) is 12.2 Å². The number of aryl methyl sites for hydroxylation is 2. The van der Waals surface area contributed by atoms with E-state index in [9.17, 15) is 0 Å². The summed E-state index contributed by atoms with van der Waals surface area (Å²) in [6, 6.07) is 4.95. The lowest BCUT2D eigenvalue weighted by atomic mass is 10.1. The number of hydrogen-bond donors (Lipinski definition) is 1. The lowest BCUT2D eigenvalue weighted by Gasteiger charge is -2.19. The van der Waals surface area contributed by atoms with Crippen LogP contribution in [-0.4, -0.2) is 19.2 Å². The third-order valence-electron chi connectivity index (χ3n) is 3.95. The van der Waals surface area contributed by atoms with E-state index in [0.29, 0.717) is 12.1 Å². The smallest absolute Gasteiger partial charge is 0.125 e. The van der Waals surface area contributed by atoms with Crippen molar-refractivity contribution >= 4 is 0 Å². The molecular formula is C15H23NO. The molecule has 0 spiro atoms. The third kappa shape index (κ3) is 2.63. The summed E-state index contributed by atoms with van der Waals surface area (Å²) in [7, 11) is 2.04. The molecule has 0 bridgehead atoms. The largest absolute Gasteiger partial charge is 0.490 e. The summed E-state index contributed by atoms with van der Waals surface area (Å²) in [5.74, 6) is 1.10. The van der Waals surface area contributed by atoms with Gasteiger partial charge in [-0.2, -0.15) is 0 Å². The first-order valence-electron chi connectivity index (χ1n) is 6.52. The summed E-state index contributed by atoms with van der Waals surface area (Å²) in [5.41, 5.74) is 3.85. The summed E-state index contributed by atoms with van der Waals surface area (Å²) in [6.07, 6.45) is 3.90. The van der Waals surface area contributed by atoms with Crippen molar-refractivity contribution in [1.82, 2.24) is 5.32 Å². The second-order valence-electron chi connectivity index (χ2n) is 5.19. The van der Waals surface area contributed by atoms with Gasteiger partial charge in [0.1, 0.15) is 11.9 Å². The fourth-order valence-electron chi connectivity index (χ4n) is 2.58. The SMILES string of the molecule is CNC1CCC(Oc2c(C)ccc(C)c2C)C1. The second-order valence-corrected chi connectivity index (χ2v) is 5.19. The van der Waals surface area contributed by atoms with E-state index in [4.69, 9.17) is 4.74 Å². The first kappa shape index (κ1) is 12.4. The Morgan fingerprint density at radius 1 is 1.12 bits per heavy atom. The highest BCUT2D eigenvalue weighted by Gasteiger charge is 2.25. The Morgan fingerprint density at radius 2 is 1.82 bits per heavy atom. The molecule has 2 nitrogen and oxygen atoms in total. The van der Waals surface area contributed by atoms with Crippen molar-refractivity contribution in [3.8, 4) is 5.75 Å². The summed E-state index contributed by atoms with van der Waals surface area (Å²) >= 11 is 0. The van der Waals surface area contributed by atoms with Crippen LogP contribution in [0.2, 0.25) is 0 Å². The van der Waals surface area contributed by atoms with Gasteiger partial charge in [0.05, 0.1) is 0 Å². The van der Waals surface area contributed by atoms with Crippen LogP contribution in [0.5, 0.6) is 5.75 Å². The molecular weight excluding hydrogens is 210 g/mol. The molecule has 1 aromatic carbocycles. The standard InChI is InChI=1S/C15H23NO/c1-10-5-6-11(2)15(12(10)3)17-14-8-7-13(9-14)16-4/h5-6,13-14,16H,7-9H2,1-4H3. The van der Waals surface area contributed by atoms with E-state index >= 15 is 0 Å². The lowest BCUT2D eigenvalue weighted by Crippen LogP contribution is -2.23. The Morgan fingerprint density at radius 3 is 2.47 bits per heavy atom. The van der Waals surface area contributed by atoms with Gasteiger partial charge in [-0.3, -0.25) is 0 Å². The molecule has 0 radical (unpaired) electrons. The average molecular weight is 233 g/mol. The molecule has 2 rings (SSSR count). The van der Waals surface area contributed by atoms with Gasteiger partial charge in [0, 0.05) is 6.04 Å². The maximum Gasteiger partial charge on any atom is 0.125 e. The van der Waals surface area contributed by atoms with Gasteiger partial charge in [0.15, 0.2) is 0 Å². The topological polar surface area (TPSA) is 21.3 Å². The molecule has 1 saturated carbocycles. The van der Waals surface area contributed by atoms with Crippen LogP contribution in [0, 0.1) is 20.8 Å². The predicted molar refractivity (Wildman–Crippen MR) is 71.8 cm³/mol. The van der Waals surface area contributed by atoms with Gasteiger partial charge in [-0.1, -0.05) is 12.1 Å². The molecule has 0 saturated heterocycles. The Bertz CT molecular complexity index is 400. The van der Waals surface area contributed by atoms with Crippen LogP contribution >= 0.6 is 0 Å². The lowest BCUT2D eigenvalue weighted by molar-refractivity contribution is 0.204. The molecule has 2 atom stereocenters. The van der Waals surface area contributed by atoms with Gasteiger partial charge in [-0.15, -0.1) is 0 Å². The molecule has 1 aromatic rings. The maximum absolute atomic E-state index is 6.21. The third-order valence-corrected chi connectivity index (χ3v) is 3.95. The van der Waals surface area contributed by atoms with Gasteiger partial charge in [0.2, 0.25) is 0 Å². The van der Waals surface area contributed by atoms with E-state index in [1.165, 1.54) is 29.5 Å². The highest BCUT2D eigenvalue weighted by Crippen LogP contribution is 2.30. The molecule has 0 amide bonds. The van der Waals surface area contributed by atoms with Crippen LogP contribution in [0.1, 0.15) is 36.0 Å². The van der Waals surface area contributed by atoms with Gasteiger partial charge >= 0.3 is 0 Å². The molecule has 1 N–H and O–H groups in total. The van der Waals surface area contributed by atoms with Gasteiger partial charge in [0.25, 0.3) is 0 Å². The summed E-state index contributed by atoms with van der Waals surface area (Å²) in [6.45, 7) is 6.43. The summed E-state index contributed by atoms with van der Waals surface area (Å²) in [4.78, 5) is 0. The Kier molecular flexibility index (Phi) is 3.72. The molecule has 94 valence electrons. The van der Waals surface area contributed by atoms with Crippen LogP contribution in [0.25, 0.3) is 0 Å². The zero-order valence-corrected chi connectivity index (χ0v) is 11.3. The van der Waals surface area contributed by atoms with Crippen molar-refractivity contribution in [2.24, 2.45) is 0 Å². The fraction of sp³-hybridized carbons (Fsp3) is 0.600. The monoisotopic (exact) mass is 233 g/mol. The first-order valence-corrected chi connectivity index (χ1v) is 6.52. The Labute approximate surface area is 104 Å². The van der Waals surface area contributed by atoms with Crippen molar-refractivity contribution in [1.29, 1.82) is 0 Å². The van der Waals surface area contributed by atoms with Crippen molar-refractivity contribution in [2.45, 2.75) is 52.2 Å². The molecule has 17 heavy (non-hydrogen) atoms. The van der Waals surface area contributed by atoms with Crippen molar-refractivity contribution in [3.05, 3.63) is 28.8 Å². The fourth-order valence-corrected chi connectivity index (χ4v) is 2.58. The molecule has 0 aromatic heterocycles. The number of benzene rings is 1. The highest BCUT2D eigenvalue weighted by atomic mass is 16.5. The second kappa shape index (κ2) is 5.09. The molecule has 2 heteroatoms. The van der Waals surface area contributed by atoms with Gasteiger partial charge < -0.3 is 10.1 Å². The summed E-state index contributed by atoms with van der Waals surface area (Å²) in [5, 5.41) is 3.34. The quantitative estimate of drug-likeness (QED) is 0.866. The van der Waals surface area contributed by atoms with Crippen LogP contribution in [0.4, 0.5) is 0 Å². The van der Waals surface area contributed by atoms with Crippen LogP contribution in [-0.2, 0) is 0 Å². The van der Waals surface area contributed by atoms with Crippen molar-refractivity contribution in [2.75, 3.05) is 7.05 Å². The first-order chi connectivity index (χ1) is 8.11. The minimum absolute atomic E-state index is 0.381. The van der Waals surface area contributed by atoms with Gasteiger partial charge in [-0.05, 0) is 63.8 Å². The highest BCUT2D eigenvalue weighted by molar-refractivity contribution is 5.44. The average Bonchev–Trinajstić information content (AvgIpc) is 2.77. The van der Waals surface area contributed by atoms with Crippen LogP contribution in [0.15, 0.2) is 12.1 Å². The van der Waals surface area contributed by atoms with E-state index in [2.05, 4.69) is 38.2 Å². The van der Waals surface area contributed by atoms with Crippen molar-refractivity contribution < 1.29 is 4.74 Å². The minimum Gasteiger partial charge on any atom is -0.490 e. The molecule has 0 aliphatic heterocycles. The van der Waals surface area contributed by atoms with Crippen LogP contribution in [0.3, 0.4) is 0 Å². The predicted octanol–water partition coefficient (Wildman–Crippen LogP) is 3.13. The van der Waals surface area contributed by atoms with Gasteiger partial charge in [-0.25, -0.2) is 0 Å². The Balaban J connectivity index is 2.11. The molecule has 1 aliphatic carbocycles. The number of rotatable bonds is 3. The minimum atomic E-state index is 0.381. The zero-order valence-electron chi connectivity index (χ0n) is 11.3. The van der Waals surface area contributed by atoms with Crippen molar-refractivity contribution in [3.63, 3.8) is 0 Å². The number of ether oxygens (including phenoxy) is 1. The zero-order chi connectivity index (χ0) is 12.4. The molecule has 1 fully saturated rings. The van der Waals surface area contributed by atoms with E-state index in [1.54, 1.807) is 0 Å². The maximum atomic E-state index is 6.21. The molecule has 0 heterocycles. The Hall–Kier alpha value is -1.02. The number of hydrogen-bond acceptors (Lipinski definition) is 2. The van der Waals surface area contributed by atoms with E-state index < -0.39 is 0 Å². The molecule has 1 aliphatic rings. The molecule has 2 unspecified atom stereocenters. The van der Waals surface area contributed by atoms with Crippen LogP contribution < -0.4 is 10.1 Å².